The van der Waals surface area contributed by atoms with E-state index in [1.165, 1.54) is 24.8 Å². The van der Waals surface area contributed by atoms with Crippen molar-refractivity contribution in [2.75, 3.05) is 0 Å². The fourth-order valence-electron chi connectivity index (χ4n) is 3.43. The maximum atomic E-state index is 11.8. The Balaban J connectivity index is 2.05. The van der Waals surface area contributed by atoms with Gasteiger partial charge in [0.15, 0.2) is 0 Å². The Morgan fingerprint density at radius 3 is 2.57 bits per heavy atom. The third-order valence-corrected chi connectivity index (χ3v) is 4.73. The molecule has 0 bridgehead atoms. The van der Waals surface area contributed by atoms with E-state index in [4.69, 9.17) is 5.73 Å². The first-order valence-corrected chi connectivity index (χ1v) is 7.55. The van der Waals surface area contributed by atoms with Crippen LogP contribution in [0.4, 0.5) is 0 Å². The molecule has 0 unspecified atom stereocenters. The average molecular weight is 278 g/mol. The number of hydrogen-bond donors (Lipinski definition) is 1. The highest BCUT2D eigenvalue weighted by Crippen LogP contribution is 2.35. The normalized spacial score (nSPS) is 15.4. The van der Waals surface area contributed by atoms with Gasteiger partial charge in [0.05, 0.1) is 0 Å². The number of amides is 1. The topological polar surface area (TPSA) is 48.0 Å². The zero-order valence-electron chi connectivity index (χ0n) is 11.9. The molecule has 0 atom stereocenters. The van der Waals surface area contributed by atoms with Crippen LogP contribution in [0.15, 0.2) is 42.5 Å². The summed E-state index contributed by atoms with van der Waals surface area (Å²) in [5.41, 5.74) is 8.52. The summed E-state index contributed by atoms with van der Waals surface area (Å²) < 4.78 is 2.36. The van der Waals surface area contributed by atoms with Crippen LogP contribution in [0.25, 0.3) is 21.8 Å². The molecule has 0 saturated heterocycles. The lowest BCUT2D eigenvalue weighted by molar-refractivity contribution is 0.100. The predicted octanol–water partition coefficient (Wildman–Crippen LogP) is 3.69. The Morgan fingerprint density at radius 1 is 1.10 bits per heavy atom. The number of benzene rings is 2. The van der Waals surface area contributed by atoms with E-state index in [0.29, 0.717) is 5.56 Å². The van der Waals surface area contributed by atoms with Crippen LogP contribution in [0.2, 0.25) is 0 Å². The van der Waals surface area contributed by atoms with Crippen molar-refractivity contribution < 1.29 is 4.79 Å². The number of nitrogens with two attached hydrogens (primary N) is 1. The number of nitrogens with zero attached hydrogens (tertiary/aromatic N) is 1. The molecule has 1 amide bonds. The molecule has 1 heterocycles. The first-order valence-electron chi connectivity index (χ1n) is 7.55. The minimum Gasteiger partial charge on any atom is -0.366 e. The number of rotatable bonds is 3. The van der Waals surface area contributed by atoms with E-state index in [2.05, 4.69) is 28.8 Å². The van der Waals surface area contributed by atoms with E-state index in [1.807, 2.05) is 18.2 Å². The molecular weight excluding hydrogens is 260 g/mol. The minimum absolute atomic E-state index is 0.354. The zero-order chi connectivity index (χ0) is 14.4. The second-order valence-corrected chi connectivity index (χ2v) is 5.99. The van der Waals surface area contributed by atoms with Crippen LogP contribution in [0.1, 0.15) is 29.6 Å². The van der Waals surface area contributed by atoms with E-state index in [-0.39, 0.29) is 5.91 Å². The summed E-state index contributed by atoms with van der Waals surface area (Å²) in [7, 11) is 0. The second-order valence-electron chi connectivity index (χ2n) is 5.99. The van der Waals surface area contributed by atoms with Crippen LogP contribution in [0.5, 0.6) is 0 Å². The Labute approximate surface area is 123 Å². The number of hydrogen-bond acceptors (Lipinski definition) is 1. The lowest BCUT2D eigenvalue weighted by Crippen LogP contribution is -2.18. The standard InChI is InChI=1S/C18H18N2O/c19-18(21)14-8-4-10-16-17(14)13-7-1-2-9-15(13)20(16)11-12-5-3-6-12/h1-2,4,7-10,12H,3,5-6,11H2,(H2,19,21). The molecule has 106 valence electrons. The highest BCUT2D eigenvalue weighted by molar-refractivity contribution is 6.17. The van der Waals surface area contributed by atoms with Crippen molar-refractivity contribution in [2.24, 2.45) is 11.7 Å². The number of primary amides is 1. The summed E-state index contributed by atoms with van der Waals surface area (Å²) >= 11 is 0. The minimum atomic E-state index is -0.354. The summed E-state index contributed by atoms with van der Waals surface area (Å²) in [6, 6.07) is 14.2. The highest BCUT2D eigenvalue weighted by Gasteiger charge is 2.21. The summed E-state index contributed by atoms with van der Waals surface area (Å²) in [6.45, 7) is 1.03. The van der Waals surface area contributed by atoms with Gasteiger partial charge in [-0.15, -0.1) is 0 Å². The molecule has 3 aromatic rings. The Hall–Kier alpha value is -2.29. The van der Waals surface area contributed by atoms with Gasteiger partial charge in [-0.3, -0.25) is 4.79 Å². The van der Waals surface area contributed by atoms with Crippen LogP contribution in [-0.4, -0.2) is 10.5 Å². The molecule has 3 heteroatoms. The van der Waals surface area contributed by atoms with Gasteiger partial charge in [0.2, 0.25) is 5.91 Å². The number of para-hydroxylation sites is 1. The molecule has 1 aromatic heterocycles. The molecule has 2 aromatic carbocycles. The van der Waals surface area contributed by atoms with Crippen LogP contribution < -0.4 is 5.73 Å². The second kappa shape index (κ2) is 4.62. The van der Waals surface area contributed by atoms with Crippen molar-refractivity contribution in [3.05, 3.63) is 48.0 Å². The third kappa shape index (κ3) is 1.84. The summed E-state index contributed by atoms with van der Waals surface area (Å²) in [4.78, 5) is 11.8. The van der Waals surface area contributed by atoms with E-state index < -0.39 is 0 Å². The smallest absolute Gasteiger partial charge is 0.249 e. The molecule has 0 aliphatic heterocycles. The van der Waals surface area contributed by atoms with Gasteiger partial charge >= 0.3 is 0 Å². The van der Waals surface area contributed by atoms with E-state index in [9.17, 15) is 4.79 Å². The maximum Gasteiger partial charge on any atom is 0.249 e. The fraction of sp³-hybridized carbons (Fsp3) is 0.278. The van der Waals surface area contributed by atoms with Gasteiger partial charge in [0.1, 0.15) is 0 Å². The summed E-state index contributed by atoms with van der Waals surface area (Å²) in [5.74, 6) is 0.411. The Bertz CT molecular complexity index is 843. The molecule has 4 rings (SSSR count). The lowest BCUT2D eigenvalue weighted by Gasteiger charge is -2.26. The van der Waals surface area contributed by atoms with Gasteiger partial charge in [-0.2, -0.15) is 0 Å². The van der Waals surface area contributed by atoms with E-state index in [0.717, 1.165) is 28.8 Å². The molecular formula is C18H18N2O. The SMILES string of the molecule is NC(=O)c1cccc2c1c1ccccc1n2CC1CCC1. The molecule has 3 nitrogen and oxygen atoms in total. The van der Waals surface area contributed by atoms with Gasteiger partial charge in [0.25, 0.3) is 0 Å². The highest BCUT2D eigenvalue weighted by atomic mass is 16.1. The van der Waals surface area contributed by atoms with Crippen molar-refractivity contribution in [2.45, 2.75) is 25.8 Å². The van der Waals surface area contributed by atoms with Crippen molar-refractivity contribution in [3.63, 3.8) is 0 Å². The molecule has 1 saturated carbocycles. The lowest BCUT2D eigenvalue weighted by atomic mass is 9.85. The monoisotopic (exact) mass is 278 g/mol. The van der Waals surface area contributed by atoms with Crippen molar-refractivity contribution in [1.82, 2.24) is 4.57 Å². The van der Waals surface area contributed by atoms with Gasteiger partial charge in [0, 0.05) is 33.9 Å². The van der Waals surface area contributed by atoms with Gasteiger partial charge in [-0.1, -0.05) is 30.7 Å². The number of carbonyl (C=O) groups is 1. The molecule has 0 radical (unpaired) electrons. The summed E-state index contributed by atoms with van der Waals surface area (Å²) in [5, 5.41) is 2.13. The van der Waals surface area contributed by atoms with Crippen molar-refractivity contribution >= 4 is 27.7 Å². The van der Waals surface area contributed by atoms with Gasteiger partial charge in [-0.05, 0) is 37.0 Å². The molecule has 1 aliphatic rings. The average Bonchev–Trinajstić information content (AvgIpc) is 2.77. The largest absolute Gasteiger partial charge is 0.366 e. The molecule has 1 aliphatic carbocycles. The van der Waals surface area contributed by atoms with E-state index >= 15 is 0 Å². The zero-order valence-corrected chi connectivity index (χ0v) is 11.9. The van der Waals surface area contributed by atoms with Gasteiger partial charge < -0.3 is 10.3 Å². The predicted molar refractivity (Wildman–Crippen MR) is 85.3 cm³/mol. The van der Waals surface area contributed by atoms with Crippen LogP contribution in [0.3, 0.4) is 0 Å². The number of carbonyl (C=O) groups excluding carboxylic acids is 1. The Morgan fingerprint density at radius 2 is 1.86 bits per heavy atom. The first kappa shape index (κ1) is 12.5. The number of aromatic nitrogens is 1. The van der Waals surface area contributed by atoms with Crippen LogP contribution in [0, 0.1) is 5.92 Å². The Kier molecular flexibility index (Phi) is 2.74. The fourth-order valence-corrected chi connectivity index (χ4v) is 3.43. The summed E-state index contributed by atoms with van der Waals surface area (Å²) in [6.07, 6.45) is 3.96. The molecule has 21 heavy (non-hydrogen) atoms. The quantitative estimate of drug-likeness (QED) is 0.780. The third-order valence-electron chi connectivity index (χ3n) is 4.73. The van der Waals surface area contributed by atoms with E-state index in [1.54, 1.807) is 0 Å². The molecule has 1 fully saturated rings. The van der Waals surface area contributed by atoms with Gasteiger partial charge in [-0.25, -0.2) is 0 Å². The van der Waals surface area contributed by atoms with Crippen LogP contribution in [-0.2, 0) is 6.54 Å². The van der Waals surface area contributed by atoms with Crippen molar-refractivity contribution in [1.29, 1.82) is 0 Å². The maximum absolute atomic E-state index is 11.8. The van der Waals surface area contributed by atoms with Crippen molar-refractivity contribution in [3.8, 4) is 0 Å². The molecule has 0 spiro atoms. The first-order chi connectivity index (χ1) is 10.3. The van der Waals surface area contributed by atoms with Crippen LogP contribution >= 0.6 is 0 Å². The molecule has 2 N–H and O–H groups in total. The number of fused-ring (bicyclic) bond motifs is 3.